The van der Waals surface area contributed by atoms with Gasteiger partial charge in [-0.25, -0.2) is 4.39 Å². The Hall–Kier alpha value is -2.73. The number of H-pyrrole nitrogens is 1. The zero-order chi connectivity index (χ0) is 19.3. The minimum absolute atomic E-state index is 0.0211. The summed E-state index contributed by atoms with van der Waals surface area (Å²) in [6.07, 6.45) is 2.62. The molecule has 5 nitrogen and oxygen atoms in total. The monoisotopic (exact) mass is 378 g/mol. The number of likely N-dealkylation sites (tertiary alicyclic amines) is 1. The smallest absolute Gasteiger partial charge is 0.251 e. The Balaban J connectivity index is 1.21. The first-order chi connectivity index (χ1) is 13.5. The largest absolute Gasteiger partial charge is 0.370 e. The molecule has 0 saturated carbocycles. The van der Waals surface area contributed by atoms with Crippen LogP contribution in [0.2, 0.25) is 0 Å². The van der Waals surface area contributed by atoms with Gasteiger partial charge in [0.05, 0.1) is 11.0 Å². The van der Waals surface area contributed by atoms with Crippen molar-refractivity contribution in [3.63, 3.8) is 0 Å². The van der Waals surface area contributed by atoms with E-state index in [0.717, 1.165) is 60.6 Å². The van der Waals surface area contributed by atoms with Crippen molar-refractivity contribution >= 4 is 16.7 Å². The summed E-state index contributed by atoms with van der Waals surface area (Å²) in [6.45, 7) is 7.00. The predicted molar refractivity (Wildman–Crippen MR) is 108 cm³/mol. The van der Waals surface area contributed by atoms with E-state index in [1.54, 1.807) is 0 Å². The molecule has 2 aliphatic rings. The van der Waals surface area contributed by atoms with Gasteiger partial charge in [-0.1, -0.05) is 6.92 Å². The van der Waals surface area contributed by atoms with Crippen LogP contribution in [0.15, 0.2) is 47.4 Å². The Bertz CT molecular complexity index is 1080. The number of anilines is 1. The SMILES string of the molecule is CCc1cc2ncc(CN3CC4(C3)CN(c3ccc(F)cc3)C4)cc2[nH]c1=O. The van der Waals surface area contributed by atoms with Crippen LogP contribution in [0.5, 0.6) is 0 Å². The molecule has 5 rings (SSSR count). The van der Waals surface area contributed by atoms with E-state index in [0.29, 0.717) is 11.8 Å². The molecule has 0 radical (unpaired) electrons. The van der Waals surface area contributed by atoms with Gasteiger partial charge in [-0.2, -0.15) is 0 Å². The molecule has 0 unspecified atom stereocenters. The number of aryl methyl sites for hydroxylation is 1. The Morgan fingerprint density at radius 1 is 1.14 bits per heavy atom. The fourth-order valence-electron chi connectivity index (χ4n) is 4.59. The molecule has 0 amide bonds. The van der Waals surface area contributed by atoms with E-state index < -0.39 is 0 Å². The lowest BCUT2D eigenvalue weighted by molar-refractivity contribution is -0.0273. The second-order valence-corrected chi connectivity index (χ2v) is 8.23. The van der Waals surface area contributed by atoms with E-state index >= 15 is 0 Å². The van der Waals surface area contributed by atoms with Gasteiger partial charge in [-0.05, 0) is 48.4 Å². The third-order valence-electron chi connectivity index (χ3n) is 5.98. The minimum Gasteiger partial charge on any atom is -0.370 e. The van der Waals surface area contributed by atoms with Crippen LogP contribution in [-0.2, 0) is 13.0 Å². The van der Waals surface area contributed by atoms with Crippen LogP contribution in [0, 0.1) is 11.2 Å². The maximum Gasteiger partial charge on any atom is 0.251 e. The zero-order valence-corrected chi connectivity index (χ0v) is 15.9. The number of fused-ring (bicyclic) bond motifs is 1. The fraction of sp³-hybridized carbons (Fsp3) is 0.364. The third-order valence-corrected chi connectivity index (χ3v) is 5.98. The maximum absolute atomic E-state index is 13.1. The van der Waals surface area contributed by atoms with Gasteiger partial charge in [0.1, 0.15) is 5.82 Å². The molecule has 4 heterocycles. The van der Waals surface area contributed by atoms with Crippen molar-refractivity contribution in [1.29, 1.82) is 0 Å². The standard InChI is InChI=1S/C22H23FN4O/c1-2-16-8-19-20(25-21(16)28)7-15(9-24-19)10-26-11-22(12-26)13-27(14-22)18-5-3-17(23)4-6-18/h3-9H,2,10-14H2,1H3,(H,25,28). The summed E-state index contributed by atoms with van der Waals surface area (Å²) in [7, 11) is 0. The molecule has 0 aliphatic carbocycles. The summed E-state index contributed by atoms with van der Waals surface area (Å²) in [5.74, 6) is -0.190. The maximum atomic E-state index is 13.1. The van der Waals surface area contributed by atoms with Crippen molar-refractivity contribution < 1.29 is 4.39 Å². The second kappa shape index (κ2) is 6.41. The summed E-state index contributed by atoms with van der Waals surface area (Å²) < 4.78 is 13.1. The number of hydrogen-bond acceptors (Lipinski definition) is 4. The summed E-state index contributed by atoms with van der Waals surface area (Å²) in [5, 5.41) is 0. The van der Waals surface area contributed by atoms with Crippen LogP contribution in [0.4, 0.5) is 10.1 Å². The second-order valence-electron chi connectivity index (χ2n) is 8.23. The highest BCUT2D eigenvalue weighted by Gasteiger charge is 2.51. The van der Waals surface area contributed by atoms with E-state index in [4.69, 9.17) is 0 Å². The predicted octanol–water partition coefficient (Wildman–Crippen LogP) is 2.95. The molecule has 144 valence electrons. The average Bonchev–Trinajstić information content (AvgIpc) is 2.63. The molecule has 2 fully saturated rings. The van der Waals surface area contributed by atoms with Crippen LogP contribution in [-0.4, -0.2) is 41.0 Å². The lowest BCUT2D eigenvalue weighted by atomic mass is 9.72. The summed E-state index contributed by atoms with van der Waals surface area (Å²) in [6, 6.07) is 10.7. The topological polar surface area (TPSA) is 52.2 Å². The van der Waals surface area contributed by atoms with Gasteiger partial charge in [0.2, 0.25) is 0 Å². The molecule has 28 heavy (non-hydrogen) atoms. The zero-order valence-electron chi connectivity index (χ0n) is 15.9. The molecular weight excluding hydrogens is 355 g/mol. The van der Waals surface area contributed by atoms with Crippen LogP contribution in [0.3, 0.4) is 0 Å². The van der Waals surface area contributed by atoms with Gasteiger partial charge in [0.25, 0.3) is 5.56 Å². The Morgan fingerprint density at radius 3 is 2.61 bits per heavy atom. The van der Waals surface area contributed by atoms with Gasteiger partial charge in [-0.3, -0.25) is 14.7 Å². The Labute approximate surface area is 162 Å². The first kappa shape index (κ1) is 17.4. The fourth-order valence-corrected chi connectivity index (χ4v) is 4.59. The highest BCUT2D eigenvalue weighted by Crippen LogP contribution is 2.42. The average molecular weight is 378 g/mol. The lowest BCUT2D eigenvalue weighted by Gasteiger charge is -2.61. The summed E-state index contributed by atoms with van der Waals surface area (Å²) >= 11 is 0. The number of nitrogens with one attached hydrogen (secondary N) is 1. The van der Waals surface area contributed by atoms with Crippen molar-refractivity contribution in [2.45, 2.75) is 19.9 Å². The lowest BCUT2D eigenvalue weighted by Crippen LogP contribution is -2.71. The van der Waals surface area contributed by atoms with E-state index in [1.165, 1.54) is 12.1 Å². The normalized spacial score (nSPS) is 18.3. The van der Waals surface area contributed by atoms with Crippen LogP contribution in [0.25, 0.3) is 11.0 Å². The van der Waals surface area contributed by atoms with Crippen LogP contribution in [0.1, 0.15) is 18.1 Å². The number of benzene rings is 1. The third kappa shape index (κ3) is 2.98. The van der Waals surface area contributed by atoms with Gasteiger partial charge in [0.15, 0.2) is 0 Å². The van der Waals surface area contributed by atoms with Crippen molar-refractivity contribution in [1.82, 2.24) is 14.9 Å². The summed E-state index contributed by atoms with van der Waals surface area (Å²) in [5.41, 5.74) is 4.98. The van der Waals surface area contributed by atoms with Crippen molar-refractivity contribution in [3.05, 3.63) is 69.9 Å². The van der Waals surface area contributed by atoms with Gasteiger partial charge in [-0.15, -0.1) is 0 Å². The first-order valence-corrected chi connectivity index (χ1v) is 9.77. The quantitative estimate of drug-likeness (QED) is 0.758. The number of rotatable bonds is 4. The molecule has 3 aromatic rings. The van der Waals surface area contributed by atoms with E-state index in [1.807, 2.05) is 37.4 Å². The highest BCUT2D eigenvalue weighted by molar-refractivity contribution is 5.74. The number of nitrogens with zero attached hydrogens (tertiary/aromatic N) is 3. The van der Waals surface area contributed by atoms with Crippen molar-refractivity contribution in [2.75, 3.05) is 31.1 Å². The van der Waals surface area contributed by atoms with Crippen LogP contribution >= 0.6 is 0 Å². The van der Waals surface area contributed by atoms with E-state index in [9.17, 15) is 9.18 Å². The van der Waals surface area contributed by atoms with E-state index in [2.05, 4.69) is 19.8 Å². The molecule has 0 bridgehead atoms. The number of pyridine rings is 2. The van der Waals surface area contributed by atoms with Crippen LogP contribution < -0.4 is 10.5 Å². The number of aromatic amines is 1. The molecule has 2 aliphatic heterocycles. The molecule has 2 aromatic heterocycles. The van der Waals surface area contributed by atoms with Gasteiger partial charge < -0.3 is 9.88 Å². The van der Waals surface area contributed by atoms with Crippen molar-refractivity contribution in [3.8, 4) is 0 Å². The molecule has 1 aromatic carbocycles. The van der Waals surface area contributed by atoms with Gasteiger partial charge >= 0.3 is 0 Å². The summed E-state index contributed by atoms with van der Waals surface area (Å²) in [4.78, 5) is 24.3. The number of hydrogen-bond donors (Lipinski definition) is 1. The van der Waals surface area contributed by atoms with Gasteiger partial charge in [0, 0.05) is 55.6 Å². The first-order valence-electron chi connectivity index (χ1n) is 9.77. The Kier molecular flexibility index (Phi) is 3.98. The molecule has 1 N–H and O–H groups in total. The Morgan fingerprint density at radius 2 is 1.89 bits per heavy atom. The molecule has 6 heteroatoms. The highest BCUT2D eigenvalue weighted by atomic mass is 19.1. The van der Waals surface area contributed by atoms with Crippen molar-refractivity contribution in [2.24, 2.45) is 5.41 Å². The molecular formula is C22H23FN4O. The van der Waals surface area contributed by atoms with E-state index in [-0.39, 0.29) is 11.4 Å². The molecule has 1 spiro atoms. The number of halogens is 1. The number of aromatic nitrogens is 2. The minimum atomic E-state index is -0.190. The molecule has 0 atom stereocenters. The molecule has 2 saturated heterocycles.